The first kappa shape index (κ1) is 125. The van der Waals surface area contributed by atoms with Crippen LogP contribution in [0.4, 0.5) is 0 Å². The van der Waals surface area contributed by atoms with Gasteiger partial charge >= 0.3 is 0 Å². The summed E-state index contributed by atoms with van der Waals surface area (Å²) in [6.45, 7) is 18.7. The van der Waals surface area contributed by atoms with Gasteiger partial charge in [-0.05, 0) is 146 Å². The van der Waals surface area contributed by atoms with Crippen LogP contribution in [-0.4, -0.2) is 85.9 Å². The summed E-state index contributed by atoms with van der Waals surface area (Å²) >= 11 is 16.7. The Kier molecular flexibility index (Phi) is 71.4. The Bertz CT molecular complexity index is 4050. The molecule has 8 nitrogen and oxygen atoms in total. The number of nitrogens with zero attached hydrogens (tertiary/aromatic N) is 6. The van der Waals surface area contributed by atoms with E-state index in [1.807, 2.05) is 0 Å². The van der Waals surface area contributed by atoms with Crippen molar-refractivity contribution in [2.45, 2.75) is 608 Å². The third-order valence-electron chi connectivity index (χ3n) is 30.1. The van der Waals surface area contributed by atoms with Crippen molar-refractivity contribution in [2.75, 3.05) is 46.0 Å². The third-order valence-corrected chi connectivity index (χ3v) is 39.8. The number of unbranched alkanes of at least 4 members (excludes halogenated alkanes) is 72. The predicted octanol–water partition coefficient (Wildman–Crippen LogP) is 47.0. The van der Waals surface area contributed by atoms with Gasteiger partial charge in [0.2, 0.25) is 0 Å². The smallest absolute Gasteiger partial charge is 0.164 e. The van der Waals surface area contributed by atoms with Crippen LogP contribution < -0.4 is 0 Å². The molecule has 16 heteroatoms. The quantitative estimate of drug-likeness (QED) is 0.0279. The Hall–Kier alpha value is -2.96. The average molecular weight is 2120 g/mol. The summed E-state index contributed by atoms with van der Waals surface area (Å²) in [6, 6.07) is 20.2. The highest BCUT2D eigenvalue weighted by Crippen LogP contribution is 2.48. The molecule has 0 fully saturated rings. The molecule has 9 rings (SSSR count). The minimum Gasteiger partial charge on any atom is -0.324 e. The van der Waals surface area contributed by atoms with Crippen molar-refractivity contribution in [2.24, 2.45) is 0 Å². The van der Waals surface area contributed by atoms with Crippen molar-refractivity contribution >= 4 is 138 Å². The van der Waals surface area contributed by atoms with E-state index in [4.69, 9.17) is 29.9 Å². The highest BCUT2D eigenvalue weighted by Gasteiger charge is 2.28. The molecule has 7 aromatic rings. The Labute approximate surface area is 918 Å². The SMILES string of the molecule is CCCCCCCCCCCCSc1cc2c(cc1SCCCCCCCCCCCC)-c1nc-2nc2[nH]c(nc3nc(nc4[nH]c(n1)c1cc(SCCCCCCCCCCCC)c(SCCCCCCCCCCCC)cc41)-c1cc(SCCCCCCCCCCCC)c(SCCCCCCCCCCCC)cc1-3)c1cc(SCCCCCCCCCCCC)c(SCCCCCCCCCCCC)cc21. The number of aromatic nitrogens is 8. The van der Waals surface area contributed by atoms with Crippen LogP contribution in [0.1, 0.15) is 569 Å². The molecule has 4 aromatic carbocycles. The van der Waals surface area contributed by atoms with E-state index in [-0.39, 0.29) is 0 Å². The second-order valence-corrected chi connectivity index (χ2v) is 52.3. The minimum atomic E-state index is 0.724. The molecular formula is C128H210N8S8. The van der Waals surface area contributed by atoms with Crippen molar-refractivity contribution in [3.63, 3.8) is 0 Å². The fourth-order valence-corrected chi connectivity index (χ4v) is 30.1. The van der Waals surface area contributed by atoms with E-state index in [1.54, 1.807) is 0 Å². The molecule has 5 heterocycles. The van der Waals surface area contributed by atoms with E-state index in [9.17, 15) is 0 Å². The number of H-pyrrole nitrogens is 2. The summed E-state index contributed by atoms with van der Waals surface area (Å²) in [4.78, 5) is 55.2. The number of fused-ring (bicyclic) bond motifs is 20. The van der Waals surface area contributed by atoms with Gasteiger partial charge in [0.15, 0.2) is 23.3 Å². The lowest BCUT2D eigenvalue weighted by Crippen LogP contribution is -1.91. The molecule has 0 saturated carbocycles. The molecular weight excluding hydrogens is 1910 g/mol. The van der Waals surface area contributed by atoms with Crippen molar-refractivity contribution in [1.29, 1.82) is 0 Å². The lowest BCUT2D eigenvalue weighted by Gasteiger charge is -2.12. The first-order chi connectivity index (χ1) is 71.3. The van der Waals surface area contributed by atoms with E-state index in [1.165, 1.54) is 553 Å². The molecule has 2 aliphatic rings. The molecule has 8 bridgehead atoms. The number of thioether (sulfide) groups is 8. The second-order valence-electron chi connectivity index (χ2n) is 43.2. The highest BCUT2D eigenvalue weighted by molar-refractivity contribution is 8.03. The number of hydrogen-bond acceptors (Lipinski definition) is 14. The van der Waals surface area contributed by atoms with Crippen LogP contribution in [0.2, 0.25) is 0 Å². The monoisotopic (exact) mass is 2120 g/mol. The molecule has 0 atom stereocenters. The lowest BCUT2D eigenvalue weighted by atomic mass is 10.1. The maximum absolute atomic E-state index is 6.05. The van der Waals surface area contributed by atoms with Crippen molar-refractivity contribution < 1.29 is 0 Å². The Morgan fingerprint density at radius 1 is 0.139 bits per heavy atom. The Morgan fingerprint density at radius 2 is 0.250 bits per heavy atom. The molecule has 2 N–H and O–H groups in total. The van der Waals surface area contributed by atoms with Crippen LogP contribution >= 0.6 is 94.1 Å². The van der Waals surface area contributed by atoms with Gasteiger partial charge in [0.25, 0.3) is 0 Å². The van der Waals surface area contributed by atoms with E-state index >= 15 is 0 Å². The molecule has 0 radical (unpaired) electrons. The number of rotatable bonds is 96. The first-order valence-electron chi connectivity index (χ1n) is 61.9. The molecule has 810 valence electrons. The molecule has 2 aliphatic heterocycles. The Morgan fingerprint density at radius 3 is 0.375 bits per heavy atom. The normalized spacial score (nSPS) is 12.1. The van der Waals surface area contributed by atoms with E-state index in [0.717, 1.165) is 136 Å². The Balaban J connectivity index is 1.25. The number of aromatic amines is 2. The first-order valence-corrected chi connectivity index (χ1v) is 69.8. The van der Waals surface area contributed by atoms with Gasteiger partial charge in [-0.3, -0.25) is 0 Å². The van der Waals surface area contributed by atoms with E-state index in [0.29, 0.717) is 0 Å². The van der Waals surface area contributed by atoms with Crippen LogP contribution in [0.25, 0.3) is 89.7 Å². The third kappa shape index (κ3) is 50.5. The standard InChI is InChI=1S/C128H210N8S8/c1-9-17-25-33-41-49-57-65-73-81-89-137-113-97-105-106(98-114(113)138-90-82-74-66-58-50-42-34-26-18-10-2)122-129-121(105)133-123-107-99-115(139-91-83-75-67-59-51-43-35-27-19-11-3)116(140-92-84-76-68-60-52-44-36-28-20-12-4)100-108(107)125(130-123)135-127-111-103-119(143-95-87-79-71-63-55-47-39-31-23-15-7)120(144-96-88-80-72-64-56-48-40-32-24-16-8)104-112(111)128(132-127)136-126-110-102-118(142-94-86-78-70-62-54-46-38-30-22-14-6)117(101-109(110)124(131-126)134-122)141-93-85-77-69-61-53-45-37-29-21-13-5/h97-104H,9-96H2,1-8H3,(H2,129,130,131,132,133,134,135,136). The van der Waals surface area contributed by atoms with E-state index < -0.39 is 0 Å². The van der Waals surface area contributed by atoms with Crippen LogP contribution in [0.5, 0.6) is 0 Å². The van der Waals surface area contributed by atoms with Gasteiger partial charge in [-0.15, -0.1) is 94.1 Å². The van der Waals surface area contributed by atoms with Crippen molar-refractivity contribution in [1.82, 2.24) is 39.9 Å². The van der Waals surface area contributed by atoms with Crippen LogP contribution in [0.3, 0.4) is 0 Å². The number of nitrogens with one attached hydrogen (secondary N) is 2. The van der Waals surface area contributed by atoms with E-state index in [2.05, 4.69) is 208 Å². The average Bonchev–Trinajstić information content (AvgIpc) is 1.58. The van der Waals surface area contributed by atoms with Crippen molar-refractivity contribution in [3.8, 4) is 45.6 Å². The maximum atomic E-state index is 6.05. The summed E-state index contributed by atoms with van der Waals surface area (Å²) in [7, 11) is 0. The molecule has 3 aromatic heterocycles. The maximum Gasteiger partial charge on any atom is 0.164 e. The molecule has 144 heavy (non-hydrogen) atoms. The fourth-order valence-electron chi connectivity index (χ4n) is 20.9. The summed E-state index contributed by atoms with van der Waals surface area (Å²) in [5, 5.41) is 4.40. The number of hydrogen-bond donors (Lipinski definition) is 2. The summed E-state index contributed by atoms with van der Waals surface area (Å²) < 4.78 is 0. The van der Waals surface area contributed by atoms with Crippen LogP contribution in [0.15, 0.2) is 87.7 Å². The predicted molar refractivity (Wildman–Crippen MR) is 657 cm³/mol. The zero-order chi connectivity index (χ0) is 101. The fraction of sp³-hybridized carbons (Fsp3) is 0.750. The zero-order valence-corrected chi connectivity index (χ0v) is 100. The largest absolute Gasteiger partial charge is 0.324 e. The van der Waals surface area contributed by atoms with Gasteiger partial charge in [0.05, 0.1) is 0 Å². The topological polar surface area (TPSA) is 109 Å². The summed E-state index contributed by atoms with van der Waals surface area (Å²) in [5.74, 6) is 11.7. The van der Waals surface area contributed by atoms with Crippen LogP contribution in [-0.2, 0) is 0 Å². The molecule has 0 aliphatic carbocycles. The second kappa shape index (κ2) is 82.6. The van der Waals surface area contributed by atoms with Gasteiger partial charge in [-0.25, -0.2) is 29.9 Å². The molecule has 0 amide bonds. The summed E-state index contributed by atoms with van der Waals surface area (Å²) in [5.41, 5.74) is 7.54. The van der Waals surface area contributed by atoms with Crippen molar-refractivity contribution in [3.05, 3.63) is 48.5 Å². The van der Waals surface area contributed by atoms with Gasteiger partial charge < -0.3 is 9.97 Å². The molecule has 0 spiro atoms. The van der Waals surface area contributed by atoms with Crippen LogP contribution in [0, 0.1) is 0 Å². The summed E-state index contributed by atoms with van der Waals surface area (Å²) in [6.07, 6.45) is 107. The highest BCUT2D eigenvalue weighted by atomic mass is 32.2. The number of benzene rings is 4. The van der Waals surface area contributed by atoms with Gasteiger partial charge in [-0.2, -0.15) is 0 Å². The minimum absolute atomic E-state index is 0.724. The molecule has 0 saturated heterocycles. The lowest BCUT2D eigenvalue weighted by molar-refractivity contribution is 0.563. The van der Waals surface area contributed by atoms with Gasteiger partial charge in [-0.1, -0.05) is 518 Å². The molecule has 0 unspecified atom stereocenters. The van der Waals surface area contributed by atoms with Gasteiger partial charge in [0.1, 0.15) is 22.6 Å². The zero-order valence-electron chi connectivity index (χ0n) is 93.8. The van der Waals surface area contributed by atoms with Gasteiger partial charge in [0, 0.05) is 83.0 Å².